The molecule has 0 saturated carbocycles. The summed E-state index contributed by atoms with van der Waals surface area (Å²) in [6.07, 6.45) is 4.21. The number of imidazole rings is 1. The van der Waals surface area contributed by atoms with Gasteiger partial charge >= 0.3 is 0 Å². The van der Waals surface area contributed by atoms with Gasteiger partial charge in [0.2, 0.25) is 5.91 Å². The van der Waals surface area contributed by atoms with Crippen molar-refractivity contribution in [3.63, 3.8) is 0 Å². The van der Waals surface area contributed by atoms with E-state index in [9.17, 15) is 4.79 Å². The van der Waals surface area contributed by atoms with E-state index in [1.807, 2.05) is 34.7 Å². The van der Waals surface area contributed by atoms with Gasteiger partial charge in [-0.25, -0.2) is 19.6 Å². The predicted octanol–water partition coefficient (Wildman–Crippen LogP) is 2.36. The Bertz CT molecular complexity index is 1490. The van der Waals surface area contributed by atoms with Crippen LogP contribution in [0.15, 0.2) is 37.2 Å². The maximum Gasteiger partial charge on any atom is 0.246 e. The summed E-state index contributed by atoms with van der Waals surface area (Å²) in [4.78, 5) is 30.6. The summed E-state index contributed by atoms with van der Waals surface area (Å²) >= 11 is 0. The van der Waals surface area contributed by atoms with E-state index in [-0.39, 0.29) is 18.0 Å². The first kappa shape index (κ1) is 22.6. The van der Waals surface area contributed by atoms with Crippen molar-refractivity contribution in [3.8, 4) is 11.8 Å². The highest BCUT2D eigenvalue weighted by atomic mass is 16.5. The molecular weight excluding hydrogens is 444 g/mol. The molecule has 1 saturated heterocycles. The average Bonchev–Trinajstić information content (AvgIpc) is 3.55. The third-order valence-electron chi connectivity index (χ3n) is 6.30. The number of nitrogen functional groups attached to an aromatic ring is 1. The molecule has 1 aliphatic rings. The van der Waals surface area contributed by atoms with Gasteiger partial charge in [0.1, 0.15) is 23.7 Å². The number of anilines is 1. The molecule has 0 spiro atoms. The summed E-state index contributed by atoms with van der Waals surface area (Å²) in [5, 5.41) is 5.40. The first-order valence-electron chi connectivity index (χ1n) is 11.4. The number of aromatic nitrogens is 6. The summed E-state index contributed by atoms with van der Waals surface area (Å²) in [5.74, 6) is 7.39. The number of aryl methyl sites for hydroxylation is 1. The summed E-state index contributed by atoms with van der Waals surface area (Å²) < 4.78 is 7.08. The number of likely N-dealkylation sites (tertiary alicyclic amines) is 1. The van der Waals surface area contributed by atoms with Crippen molar-refractivity contribution in [2.24, 2.45) is 0 Å². The van der Waals surface area contributed by atoms with Crippen LogP contribution in [0, 0.1) is 18.8 Å². The summed E-state index contributed by atoms with van der Waals surface area (Å²) in [7, 11) is 1.66. The molecule has 1 fully saturated rings. The van der Waals surface area contributed by atoms with Gasteiger partial charge in [0, 0.05) is 31.9 Å². The molecule has 10 nitrogen and oxygen atoms in total. The molecule has 3 aromatic heterocycles. The number of carbonyl (C=O) groups excluding carboxylic acids is 1. The number of benzene rings is 1. The van der Waals surface area contributed by atoms with E-state index >= 15 is 0 Å². The number of carbonyl (C=O) groups is 1. The van der Waals surface area contributed by atoms with Gasteiger partial charge in [0.05, 0.1) is 22.5 Å². The molecule has 1 amide bonds. The van der Waals surface area contributed by atoms with Crippen LogP contribution >= 0.6 is 0 Å². The Hall–Kier alpha value is -4.23. The van der Waals surface area contributed by atoms with Crippen molar-refractivity contribution in [1.82, 2.24) is 34.6 Å². The molecule has 178 valence electrons. The lowest BCUT2D eigenvalue weighted by Crippen LogP contribution is -2.35. The molecule has 0 radical (unpaired) electrons. The Morgan fingerprint density at radius 2 is 2.23 bits per heavy atom. The van der Waals surface area contributed by atoms with Crippen LogP contribution < -0.4 is 5.73 Å². The smallest absolute Gasteiger partial charge is 0.246 e. The van der Waals surface area contributed by atoms with Crippen LogP contribution in [0.25, 0.3) is 22.1 Å². The number of nitrogens with zero attached hydrogens (tertiary/aromatic N) is 6. The number of rotatable bonds is 5. The van der Waals surface area contributed by atoms with Crippen LogP contribution in [0.3, 0.4) is 0 Å². The van der Waals surface area contributed by atoms with Crippen LogP contribution in [0.1, 0.15) is 36.0 Å². The Balaban J connectivity index is 1.52. The van der Waals surface area contributed by atoms with Gasteiger partial charge in [0.15, 0.2) is 5.65 Å². The normalized spacial score (nSPS) is 17.6. The van der Waals surface area contributed by atoms with Crippen molar-refractivity contribution in [3.05, 3.63) is 54.3 Å². The van der Waals surface area contributed by atoms with Gasteiger partial charge in [0.25, 0.3) is 0 Å². The van der Waals surface area contributed by atoms with E-state index in [1.165, 1.54) is 12.4 Å². The molecule has 1 aromatic carbocycles. The third-order valence-corrected chi connectivity index (χ3v) is 6.30. The number of hydrogen-bond acceptors (Lipinski definition) is 7. The molecule has 1 aliphatic heterocycles. The number of amides is 1. The standard InChI is InChI=1S/C25H26N8O2/c1-4-22(34)32-13-18(12-17(32)9-10-35-3)33-25-23(24(26)27-14-28-25)20(31-33)8-6-16-5-7-19-21(11-16)30-15(2)29-19/h4-5,7,11,14,17-18H,1,9-10,12-13H2,2-3H3,(H,29,30)(H2,26,27,28)/t17-,18?/m0/s1. The van der Waals surface area contributed by atoms with Crippen LogP contribution in [0.5, 0.6) is 0 Å². The first-order chi connectivity index (χ1) is 17.0. The van der Waals surface area contributed by atoms with Crippen LogP contribution in [-0.4, -0.2) is 66.8 Å². The van der Waals surface area contributed by atoms with Gasteiger partial charge < -0.3 is 20.4 Å². The van der Waals surface area contributed by atoms with Crippen molar-refractivity contribution in [1.29, 1.82) is 0 Å². The molecule has 5 rings (SSSR count). The first-order valence-corrected chi connectivity index (χ1v) is 11.4. The van der Waals surface area contributed by atoms with E-state index in [4.69, 9.17) is 15.6 Å². The number of fused-ring (bicyclic) bond motifs is 2. The Morgan fingerprint density at radius 1 is 1.37 bits per heavy atom. The lowest BCUT2D eigenvalue weighted by molar-refractivity contribution is -0.127. The van der Waals surface area contributed by atoms with Gasteiger partial charge in [-0.2, -0.15) is 5.10 Å². The topological polar surface area (TPSA) is 128 Å². The Labute approximate surface area is 202 Å². The SMILES string of the molecule is C=CC(=O)N1CC(n2nc(C#Cc3ccc4[nH]c(C)nc4c3)c3c(N)ncnc32)C[C@@H]1CCOC. The highest BCUT2D eigenvalue weighted by molar-refractivity contribution is 5.91. The Morgan fingerprint density at radius 3 is 3.03 bits per heavy atom. The predicted molar refractivity (Wildman–Crippen MR) is 132 cm³/mol. The second kappa shape index (κ2) is 9.19. The molecule has 1 unspecified atom stereocenters. The van der Waals surface area contributed by atoms with E-state index in [0.717, 1.165) is 28.8 Å². The number of ether oxygens (including phenoxy) is 1. The third kappa shape index (κ3) is 4.22. The molecule has 4 aromatic rings. The summed E-state index contributed by atoms with van der Waals surface area (Å²) in [6.45, 7) is 6.61. The summed E-state index contributed by atoms with van der Waals surface area (Å²) in [5.41, 5.74) is 9.95. The molecule has 2 atom stereocenters. The lowest BCUT2D eigenvalue weighted by atomic mass is 10.1. The maximum absolute atomic E-state index is 12.5. The van der Waals surface area contributed by atoms with Gasteiger partial charge in [-0.1, -0.05) is 12.5 Å². The minimum atomic E-state index is -0.108. The Kier molecular flexibility index (Phi) is 5.93. The van der Waals surface area contributed by atoms with Crippen molar-refractivity contribution >= 4 is 33.8 Å². The second-order valence-corrected chi connectivity index (χ2v) is 8.57. The minimum absolute atomic E-state index is 0.0162. The zero-order chi connectivity index (χ0) is 24.5. The van der Waals surface area contributed by atoms with Crippen molar-refractivity contribution in [2.45, 2.75) is 31.8 Å². The van der Waals surface area contributed by atoms with Crippen molar-refractivity contribution < 1.29 is 9.53 Å². The quantitative estimate of drug-likeness (QED) is 0.338. The van der Waals surface area contributed by atoms with Crippen LogP contribution in [0.2, 0.25) is 0 Å². The second-order valence-electron chi connectivity index (χ2n) is 8.57. The fourth-order valence-corrected chi connectivity index (χ4v) is 4.66. The number of hydrogen-bond donors (Lipinski definition) is 2. The van der Waals surface area contributed by atoms with Gasteiger partial charge in [-0.3, -0.25) is 4.79 Å². The number of H-pyrrole nitrogens is 1. The molecule has 3 N–H and O–H groups in total. The fraction of sp³-hybridized carbons (Fsp3) is 0.320. The van der Waals surface area contributed by atoms with E-state index < -0.39 is 0 Å². The van der Waals surface area contributed by atoms with E-state index in [2.05, 4.69) is 38.4 Å². The van der Waals surface area contributed by atoms with Crippen LogP contribution in [0.4, 0.5) is 5.82 Å². The molecule has 35 heavy (non-hydrogen) atoms. The van der Waals surface area contributed by atoms with E-state index in [0.29, 0.717) is 42.1 Å². The zero-order valence-corrected chi connectivity index (χ0v) is 19.7. The minimum Gasteiger partial charge on any atom is -0.385 e. The monoisotopic (exact) mass is 470 g/mol. The fourth-order valence-electron chi connectivity index (χ4n) is 4.66. The van der Waals surface area contributed by atoms with Crippen LogP contribution in [-0.2, 0) is 9.53 Å². The average molecular weight is 471 g/mol. The largest absolute Gasteiger partial charge is 0.385 e. The number of nitrogens with one attached hydrogen (secondary N) is 1. The highest BCUT2D eigenvalue weighted by Gasteiger charge is 2.36. The molecule has 0 aliphatic carbocycles. The summed E-state index contributed by atoms with van der Waals surface area (Å²) in [6, 6.07) is 5.75. The van der Waals surface area contributed by atoms with Gasteiger partial charge in [-0.15, -0.1) is 0 Å². The number of methoxy groups -OCH3 is 1. The molecule has 0 bridgehead atoms. The molecule has 4 heterocycles. The van der Waals surface area contributed by atoms with Crippen molar-refractivity contribution in [2.75, 3.05) is 26.0 Å². The zero-order valence-electron chi connectivity index (χ0n) is 19.7. The lowest BCUT2D eigenvalue weighted by Gasteiger charge is -2.22. The maximum atomic E-state index is 12.5. The highest BCUT2D eigenvalue weighted by Crippen LogP contribution is 2.33. The molecular formula is C25H26N8O2. The van der Waals surface area contributed by atoms with E-state index in [1.54, 1.807) is 7.11 Å². The molecule has 10 heteroatoms. The van der Waals surface area contributed by atoms with Gasteiger partial charge in [-0.05, 0) is 50.0 Å². The number of aromatic amines is 1. The number of nitrogens with two attached hydrogens (primary N) is 1.